The molecule has 0 nitrogen and oxygen atoms in total. The quantitative estimate of drug-likeness (QED) is 0.507. The zero-order valence-electron chi connectivity index (χ0n) is 9.71. The number of rotatable bonds is 2. The van der Waals surface area contributed by atoms with E-state index in [2.05, 4.69) is 30.6 Å². The Morgan fingerprint density at radius 2 is 1.88 bits per heavy atom. The van der Waals surface area contributed by atoms with Gasteiger partial charge in [-0.25, -0.2) is 0 Å². The summed E-state index contributed by atoms with van der Waals surface area (Å²) in [6.07, 6.45) is 8.16. The van der Waals surface area contributed by atoms with E-state index in [1.807, 2.05) is 24.3 Å². The predicted octanol–water partition coefficient (Wildman–Crippen LogP) is 4.17. The van der Waals surface area contributed by atoms with Gasteiger partial charge < -0.3 is 0 Å². The smallest absolute Gasteiger partial charge is 0.0352 e. The van der Waals surface area contributed by atoms with Crippen molar-refractivity contribution in [1.82, 2.24) is 0 Å². The van der Waals surface area contributed by atoms with E-state index < -0.39 is 0 Å². The normalized spacial score (nSPS) is 17.5. The van der Waals surface area contributed by atoms with Crippen molar-refractivity contribution in [2.24, 2.45) is 5.41 Å². The monoisotopic (exact) mass is 210 g/mol. The number of hydrogen-bond donors (Lipinski definition) is 0. The van der Waals surface area contributed by atoms with Crippen molar-refractivity contribution in [3.05, 3.63) is 48.6 Å². The van der Waals surface area contributed by atoms with Crippen molar-refractivity contribution in [3.63, 3.8) is 0 Å². The van der Waals surface area contributed by atoms with Crippen molar-refractivity contribution < 1.29 is 0 Å². The Hall–Kier alpha value is -1.48. The lowest BCUT2D eigenvalue weighted by molar-refractivity contribution is 0.423. The standard InChI is InChI=1S/C16H18/c1-2-11-16(12-6-7-13-16)14-10-15-8-4-3-5-9-15/h2-5,8-9H,1,6-7,11-13H2. The zero-order chi connectivity index (χ0) is 11.3. The van der Waals surface area contributed by atoms with Crippen LogP contribution in [-0.2, 0) is 0 Å². The molecule has 0 amide bonds. The summed E-state index contributed by atoms with van der Waals surface area (Å²) in [5.41, 5.74) is 1.34. The van der Waals surface area contributed by atoms with Crippen LogP contribution in [0.25, 0.3) is 0 Å². The second kappa shape index (κ2) is 5.03. The van der Waals surface area contributed by atoms with Crippen LogP contribution in [-0.4, -0.2) is 0 Å². The third-order valence-electron chi connectivity index (χ3n) is 3.34. The van der Waals surface area contributed by atoms with Crippen molar-refractivity contribution in [3.8, 4) is 11.8 Å². The van der Waals surface area contributed by atoms with Gasteiger partial charge in [0.05, 0.1) is 0 Å². The lowest BCUT2D eigenvalue weighted by Crippen LogP contribution is -2.12. The summed E-state index contributed by atoms with van der Waals surface area (Å²) in [4.78, 5) is 0. The molecule has 1 aromatic rings. The van der Waals surface area contributed by atoms with Gasteiger partial charge in [-0.2, -0.15) is 0 Å². The van der Waals surface area contributed by atoms with Gasteiger partial charge in [0.2, 0.25) is 0 Å². The Kier molecular flexibility index (Phi) is 3.47. The molecule has 0 bridgehead atoms. The number of hydrogen-bond acceptors (Lipinski definition) is 0. The molecule has 82 valence electrons. The zero-order valence-corrected chi connectivity index (χ0v) is 9.71. The lowest BCUT2D eigenvalue weighted by atomic mass is 9.83. The summed E-state index contributed by atoms with van der Waals surface area (Å²) in [6.45, 7) is 3.86. The molecule has 0 heteroatoms. The van der Waals surface area contributed by atoms with Gasteiger partial charge in [0.1, 0.15) is 0 Å². The Balaban J connectivity index is 2.18. The van der Waals surface area contributed by atoms with Crippen LogP contribution in [0.15, 0.2) is 43.0 Å². The average molecular weight is 210 g/mol. The third kappa shape index (κ3) is 2.55. The molecule has 1 aliphatic carbocycles. The van der Waals surface area contributed by atoms with Crippen LogP contribution in [0.3, 0.4) is 0 Å². The molecule has 0 saturated heterocycles. The van der Waals surface area contributed by atoms with Crippen LogP contribution in [0.4, 0.5) is 0 Å². The van der Waals surface area contributed by atoms with Gasteiger partial charge in [-0.15, -0.1) is 6.58 Å². The fourth-order valence-electron chi connectivity index (χ4n) is 2.43. The molecule has 2 rings (SSSR count). The largest absolute Gasteiger partial charge is 0.103 e. The van der Waals surface area contributed by atoms with E-state index in [9.17, 15) is 0 Å². The minimum Gasteiger partial charge on any atom is -0.103 e. The summed E-state index contributed by atoms with van der Waals surface area (Å²) in [6, 6.07) is 10.3. The fraction of sp³-hybridized carbons (Fsp3) is 0.375. The number of allylic oxidation sites excluding steroid dienone is 1. The first-order valence-electron chi connectivity index (χ1n) is 6.04. The van der Waals surface area contributed by atoms with Gasteiger partial charge in [0, 0.05) is 11.0 Å². The third-order valence-corrected chi connectivity index (χ3v) is 3.34. The van der Waals surface area contributed by atoms with E-state index in [1.54, 1.807) is 0 Å². The van der Waals surface area contributed by atoms with Crippen molar-refractivity contribution >= 4 is 0 Å². The first-order chi connectivity index (χ1) is 7.85. The Morgan fingerprint density at radius 1 is 1.19 bits per heavy atom. The molecule has 0 unspecified atom stereocenters. The van der Waals surface area contributed by atoms with E-state index in [0.717, 1.165) is 12.0 Å². The van der Waals surface area contributed by atoms with Crippen LogP contribution in [0.2, 0.25) is 0 Å². The molecule has 0 N–H and O–H groups in total. The number of benzene rings is 1. The minimum absolute atomic E-state index is 0.220. The SMILES string of the molecule is C=CCC1(C#Cc2ccccc2)CCCC1. The van der Waals surface area contributed by atoms with Crippen LogP contribution >= 0.6 is 0 Å². The van der Waals surface area contributed by atoms with Gasteiger partial charge in [-0.1, -0.05) is 49.0 Å². The lowest BCUT2D eigenvalue weighted by Gasteiger charge is -2.19. The summed E-state index contributed by atoms with van der Waals surface area (Å²) in [5, 5.41) is 0. The molecule has 1 saturated carbocycles. The van der Waals surface area contributed by atoms with E-state index in [-0.39, 0.29) is 5.41 Å². The molecular weight excluding hydrogens is 192 g/mol. The Bertz CT molecular complexity index is 397. The molecule has 1 fully saturated rings. The molecule has 1 aliphatic rings. The van der Waals surface area contributed by atoms with Crippen LogP contribution in [0.5, 0.6) is 0 Å². The van der Waals surface area contributed by atoms with Crippen LogP contribution in [0.1, 0.15) is 37.7 Å². The topological polar surface area (TPSA) is 0 Å². The summed E-state index contributed by atoms with van der Waals surface area (Å²) >= 11 is 0. The van der Waals surface area contributed by atoms with Crippen molar-refractivity contribution in [2.75, 3.05) is 0 Å². The van der Waals surface area contributed by atoms with Gasteiger partial charge in [-0.05, 0) is 31.4 Å². The van der Waals surface area contributed by atoms with E-state index in [1.165, 1.54) is 25.7 Å². The first kappa shape index (κ1) is 11.0. The van der Waals surface area contributed by atoms with Gasteiger partial charge in [-0.3, -0.25) is 0 Å². The highest BCUT2D eigenvalue weighted by Gasteiger charge is 2.30. The van der Waals surface area contributed by atoms with Crippen LogP contribution < -0.4 is 0 Å². The summed E-state index contributed by atoms with van der Waals surface area (Å²) in [5.74, 6) is 6.81. The molecule has 16 heavy (non-hydrogen) atoms. The second-order valence-electron chi connectivity index (χ2n) is 4.60. The van der Waals surface area contributed by atoms with E-state index in [0.29, 0.717) is 0 Å². The maximum Gasteiger partial charge on any atom is 0.0352 e. The van der Waals surface area contributed by atoms with Crippen LogP contribution in [0, 0.1) is 17.3 Å². The molecule has 1 aromatic carbocycles. The molecule has 0 heterocycles. The van der Waals surface area contributed by atoms with Crippen molar-refractivity contribution in [1.29, 1.82) is 0 Å². The Morgan fingerprint density at radius 3 is 2.50 bits per heavy atom. The van der Waals surface area contributed by atoms with Gasteiger partial charge >= 0.3 is 0 Å². The fourth-order valence-corrected chi connectivity index (χ4v) is 2.43. The molecule has 0 aromatic heterocycles. The molecule has 0 spiro atoms. The van der Waals surface area contributed by atoms with Gasteiger partial charge in [0.25, 0.3) is 0 Å². The molecule has 0 atom stereocenters. The minimum atomic E-state index is 0.220. The highest BCUT2D eigenvalue weighted by molar-refractivity contribution is 5.35. The van der Waals surface area contributed by atoms with Gasteiger partial charge in [0.15, 0.2) is 0 Å². The average Bonchev–Trinajstić information content (AvgIpc) is 2.78. The maximum atomic E-state index is 3.86. The molecule has 0 radical (unpaired) electrons. The van der Waals surface area contributed by atoms with E-state index in [4.69, 9.17) is 0 Å². The maximum absolute atomic E-state index is 3.86. The summed E-state index contributed by atoms with van der Waals surface area (Å²) in [7, 11) is 0. The highest BCUT2D eigenvalue weighted by atomic mass is 14.3. The summed E-state index contributed by atoms with van der Waals surface area (Å²) < 4.78 is 0. The molecular formula is C16H18. The second-order valence-corrected chi connectivity index (χ2v) is 4.60. The van der Waals surface area contributed by atoms with E-state index >= 15 is 0 Å². The van der Waals surface area contributed by atoms with Crippen molar-refractivity contribution in [2.45, 2.75) is 32.1 Å². The highest BCUT2D eigenvalue weighted by Crippen LogP contribution is 2.40. The molecule has 0 aliphatic heterocycles. The first-order valence-corrected chi connectivity index (χ1v) is 6.04. The predicted molar refractivity (Wildman–Crippen MR) is 69.0 cm³/mol. The Labute approximate surface area is 98.4 Å².